The molecule has 1 atom stereocenters. The van der Waals surface area contributed by atoms with Crippen molar-refractivity contribution in [3.8, 4) is 0 Å². The molecule has 0 aliphatic rings. The number of carbonyl (C=O) groups is 1. The number of hydrogen-bond acceptors (Lipinski definition) is 5. The van der Waals surface area contributed by atoms with Crippen molar-refractivity contribution >= 4 is 33.8 Å². The molecule has 90 valence electrons. The van der Waals surface area contributed by atoms with Crippen LogP contribution in [0.15, 0.2) is 16.8 Å². The lowest BCUT2D eigenvalue weighted by molar-refractivity contribution is 0.0701. The van der Waals surface area contributed by atoms with Gasteiger partial charge in [0, 0.05) is 0 Å². The van der Waals surface area contributed by atoms with E-state index in [0.29, 0.717) is 15.7 Å². The third kappa shape index (κ3) is 2.65. The maximum absolute atomic E-state index is 10.9. The number of carboxylic acid groups (broad SMARTS) is 1. The quantitative estimate of drug-likeness (QED) is 0.892. The average Bonchev–Trinajstić information content (AvgIpc) is 2.86. The van der Waals surface area contributed by atoms with E-state index < -0.39 is 5.97 Å². The third-order valence-electron chi connectivity index (χ3n) is 2.37. The van der Waals surface area contributed by atoms with Crippen molar-refractivity contribution in [3.63, 3.8) is 0 Å². The number of nitrogens with zero attached hydrogens (tertiary/aromatic N) is 1. The van der Waals surface area contributed by atoms with E-state index in [4.69, 9.17) is 5.11 Å². The van der Waals surface area contributed by atoms with Gasteiger partial charge < -0.3 is 10.4 Å². The Bertz CT molecular complexity index is 520. The van der Waals surface area contributed by atoms with Gasteiger partial charge in [0.1, 0.15) is 4.88 Å². The highest BCUT2D eigenvalue weighted by atomic mass is 32.1. The summed E-state index contributed by atoms with van der Waals surface area (Å²) in [6.07, 6.45) is 0. The van der Waals surface area contributed by atoms with Crippen molar-refractivity contribution in [2.24, 2.45) is 0 Å². The summed E-state index contributed by atoms with van der Waals surface area (Å²) in [7, 11) is 0. The fourth-order valence-electron chi connectivity index (χ4n) is 1.45. The molecule has 0 aromatic carbocycles. The summed E-state index contributed by atoms with van der Waals surface area (Å²) in [5, 5.41) is 16.9. The number of anilines is 1. The van der Waals surface area contributed by atoms with Gasteiger partial charge >= 0.3 is 5.97 Å². The van der Waals surface area contributed by atoms with Gasteiger partial charge in [0.15, 0.2) is 5.13 Å². The van der Waals surface area contributed by atoms with Gasteiger partial charge in [-0.15, -0.1) is 0 Å². The fourth-order valence-corrected chi connectivity index (χ4v) is 3.09. The Kier molecular flexibility index (Phi) is 3.44. The van der Waals surface area contributed by atoms with Gasteiger partial charge in [-0.1, -0.05) is 11.3 Å². The van der Waals surface area contributed by atoms with Crippen LogP contribution in [-0.2, 0) is 0 Å². The lowest BCUT2D eigenvalue weighted by atomic mass is 10.2. The normalized spacial score (nSPS) is 12.4. The number of rotatable bonds is 4. The maximum Gasteiger partial charge on any atom is 0.347 e. The molecule has 1 unspecified atom stereocenters. The Balaban J connectivity index is 2.14. The standard InChI is InChI=1S/C11H12N2O2S2/c1-6(8-3-4-16-5-8)12-11-13-7(2)9(17-11)10(14)15/h3-6H,1-2H3,(H,12,13)(H,14,15). The summed E-state index contributed by atoms with van der Waals surface area (Å²) in [6, 6.07) is 2.18. The van der Waals surface area contributed by atoms with Crippen molar-refractivity contribution in [1.29, 1.82) is 0 Å². The van der Waals surface area contributed by atoms with E-state index in [-0.39, 0.29) is 6.04 Å². The molecule has 2 aromatic heterocycles. The highest BCUT2D eigenvalue weighted by molar-refractivity contribution is 7.17. The second kappa shape index (κ2) is 4.85. The molecule has 0 aliphatic carbocycles. The second-order valence-corrected chi connectivity index (χ2v) is 5.44. The molecule has 6 heteroatoms. The first-order valence-corrected chi connectivity index (χ1v) is 6.83. The third-order valence-corrected chi connectivity index (χ3v) is 4.15. The summed E-state index contributed by atoms with van der Waals surface area (Å²) < 4.78 is 0. The van der Waals surface area contributed by atoms with Crippen LogP contribution in [-0.4, -0.2) is 16.1 Å². The molecule has 17 heavy (non-hydrogen) atoms. The van der Waals surface area contributed by atoms with Gasteiger partial charge in [-0.3, -0.25) is 0 Å². The summed E-state index contributed by atoms with van der Waals surface area (Å²) in [4.78, 5) is 15.4. The molecule has 2 rings (SSSR count). The summed E-state index contributed by atoms with van der Waals surface area (Å²) in [6.45, 7) is 3.74. The van der Waals surface area contributed by atoms with E-state index in [0.717, 1.165) is 0 Å². The van der Waals surface area contributed by atoms with Gasteiger partial charge in [-0.25, -0.2) is 9.78 Å². The van der Waals surface area contributed by atoms with Gasteiger partial charge in [0.05, 0.1) is 11.7 Å². The molecule has 0 radical (unpaired) electrons. The Morgan fingerprint density at radius 3 is 2.88 bits per heavy atom. The molecule has 4 nitrogen and oxygen atoms in total. The first kappa shape index (κ1) is 12.1. The molecule has 2 heterocycles. The van der Waals surface area contributed by atoms with Crippen molar-refractivity contribution in [3.05, 3.63) is 33.0 Å². The fraction of sp³-hybridized carbons (Fsp3) is 0.273. The Morgan fingerprint density at radius 2 is 2.35 bits per heavy atom. The van der Waals surface area contributed by atoms with E-state index in [2.05, 4.69) is 15.7 Å². The summed E-state index contributed by atoms with van der Waals surface area (Å²) in [5.74, 6) is -0.920. The number of hydrogen-bond donors (Lipinski definition) is 2. The van der Waals surface area contributed by atoms with Crippen LogP contribution in [0.1, 0.15) is 33.9 Å². The average molecular weight is 268 g/mol. The molecule has 0 fully saturated rings. The number of thiophene rings is 1. The van der Waals surface area contributed by atoms with Crippen LogP contribution < -0.4 is 5.32 Å². The monoisotopic (exact) mass is 268 g/mol. The van der Waals surface area contributed by atoms with Gasteiger partial charge in [0.25, 0.3) is 0 Å². The van der Waals surface area contributed by atoms with Crippen LogP contribution in [0, 0.1) is 6.92 Å². The topological polar surface area (TPSA) is 62.2 Å². The molecule has 0 saturated heterocycles. The molecule has 2 aromatic rings. The van der Waals surface area contributed by atoms with Crippen molar-refractivity contribution in [2.45, 2.75) is 19.9 Å². The molecule has 0 bridgehead atoms. The maximum atomic E-state index is 10.9. The molecule has 0 spiro atoms. The van der Waals surface area contributed by atoms with E-state index in [9.17, 15) is 4.79 Å². The smallest absolute Gasteiger partial charge is 0.347 e. The van der Waals surface area contributed by atoms with Crippen LogP contribution in [0.3, 0.4) is 0 Å². The first-order valence-electron chi connectivity index (χ1n) is 5.07. The minimum Gasteiger partial charge on any atom is -0.477 e. The molecular weight excluding hydrogens is 256 g/mol. The molecule has 2 N–H and O–H groups in total. The van der Waals surface area contributed by atoms with E-state index >= 15 is 0 Å². The van der Waals surface area contributed by atoms with Crippen LogP contribution in [0.2, 0.25) is 0 Å². The van der Waals surface area contributed by atoms with Crippen molar-refractivity contribution in [2.75, 3.05) is 5.32 Å². The van der Waals surface area contributed by atoms with Crippen LogP contribution in [0.25, 0.3) is 0 Å². The highest BCUT2D eigenvalue weighted by Crippen LogP contribution is 2.27. The lowest BCUT2D eigenvalue weighted by Gasteiger charge is -2.10. The second-order valence-electron chi connectivity index (χ2n) is 3.66. The predicted octanol–water partition coefficient (Wildman–Crippen LogP) is 3.38. The molecule has 0 aliphatic heterocycles. The zero-order chi connectivity index (χ0) is 12.4. The number of aryl methyl sites for hydroxylation is 1. The number of thiazole rings is 1. The number of nitrogens with one attached hydrogen (secondary N) is 1. The van der Waals surface area contributed by atoms with E-state index in [1.807, 2.05) is 18.4 Å². The van der Waals surface area contributed by atoms with Gasteiger partial charge in [0.2, 0.25) is 0 Å². The Labute approximate surface area is 107 Å². The summed E-state index contributed by atoms with van der Waals surface area (Å²) in [5.41, 5.74) is 1.74. The minimum atomic E-state index is -0.920. The lowest BCUT2D eigenvalue weighted by Crippen LogP contribution is -2.04. The summed E-state index contributed by atoms with van der Waals surface area (Å²) >= 11 is 2.82. The van der Waals surface area contributed by atoms with Crippen LogP contribution in [0.4, 0.5) is 5.13 Å². The Hall–Kier alpha value is -1.40. The predicted molar refractivity (Wildman–Crippen MR) is 70.2 cm³/mol. The number of aromatic carboxylic acids is 1. The zero-order valence-electron chi connectivity index (χ0n) is 9.43. The van der Waals surface area contributed by atoms with Crippen molar-refractivity contribution in [1.82, 2.24) is 4.98 Å². The highest BCUT2D eigenvalue weighted by Gasteiger charge is 2.15. The first-order chi connectivity index (χ1) is 8.08. The van der Waals surface area contributed by atoms with Crippen molar-refractivity contribution < 1.29 is 9.90 Å². The molecule has 0 amide bonds. The Morgan fingerprint density at radius 1 is 1.59 bits per heavy atom. The zero-order valence-corrected chi connectivity index (χ0v) is 11.1. The van der Waals surface area contributed by atoms with Crippen LogP contribution in [0.5, 0.6) is 0 Å². The van der Waals surface area contributed by atoms with E-state index in [1.165, 1.54) is 16.9 Å². The largest absolute Gasteiger partial charge is 0.477 e. The van der Waals surface area contributed by atoms with Crippen LogP contribution >= 0.6 is 22.7 Å². The SMILES string of the molecule is Cc1nc(NC(C)c2ccsc2)sc1C(=O)O. The molecule has 0 saturated carbocycles. The molecular formula is C11H12N2O2S2. The number of carboxylic acids is 1. The van der Waals surface area contributed by atoms with E-state index in [1.54, 1.807) is 18.3 Å². The number of aromatic nitrogens is 1. The van der Waals surface area contributed by atoms with Gasteiger partial charge in [-0.05, 0) is 36.2 Å². The minimum absolute atomic E-state index is 0.133. The van der Waals surface area contributed by atoms with Gasteiger partial charge in [-0.2, -0.15) is 11.3 Å².